The number of rotatable bonds is 3. The Morgan fingerprint density at radius 1 is 1.19 bits per heavy atom. The second-order valence-electron chi connectivity index (χ2n) is 3.94. The van der Waals surface area contributed by atoms with Crippen LogP contribution in [0.2, 0.25) is 0 Å². The first-order chi connectivity index (χ1) is 9.88. The summed E-state index contributed by atoms with van der Waals surface area (Å²) in [5.41, 5.74) is -0.701. The molecule has 0 atom stereocenters. The number of aromatic nitrogens is 1. The summed E-state index contributed by atoms with van der Waals surface area (Å²) in [7, 11) is 0. The Morgan fingerprint density at radius 2 is 1.86 bits per heavy atom. The fraction of sp³-hybridized carbons (Fsp3) is 0. The molecule has 0 radical (unpaired) electrons. The van der Waals surface area contributed by atoms with E-state index in [0.29, 0.717) is 16.7 Å². The topological polar surface area (TPSA) is 79.3 Å². The van der Waals surface area contributed by atoms with Crippen LogP contribution in [0, 0.1) is 11.6 Å². The highest BCUT2D eigenvalue weighted by Gasteiger charge is 2.17. The van der Waals surface area contributed by atoms with Gasteiger partial charge in [-0.25, -0.2) is 18.6 Å². The fourth-order valence-corrected chi connectivity index (χ4v) is 1.93. The second kappa shape index (κ2) is 5.96. The second-order valence-corrected chi connectivity index (χ2v) is 4.75. The molecule has 2 rings (SSSR count). The third-order valence-corrected chi connectivity index (χ3v) is 2.96. The van der Waals surface area contributed by atoms with Gasteiger partial charge in [0.2, 0.25) is 0 Å². The van der Waals surface area contributed by atoms with Gasteiger partial charge in [-0.3, -0.25) is 4.79 Å². The molecule has 108 valence electrons. The molecule has 0 spiro atoms. The highest BCUT2D eigenvalue weighted by Crippen LogP contribution is 2.21. The van der Waals surface area contributed by atoms with Crippen molar-refractivity contribution < 1.29 is 23.5 Å². The molecule has 8 heteroatoms. The lowest BCUT2D eigenvalue weighted by molar-refractivity contribution is 0.0697. The molecule has 0 fully saturated rings. The molecule has 1 heterocycles. The summed E-state index contributed by atoms with van der Waals surface area (Å²) in [6.45, 7) is 0. The van der Waals surface area contributed by atoms with E-state index in [9.17, 15) is 18.4 Å². The maximum Gasteiger partial charge on any atom is 0.337 e. The molecule has 1 amide bonds. The molecule has 0 unspecified atom stereocenters. The van der Waals surface area contributed by atoms with Crippen LogP contribution in [0.25, 0.3) is 0 Å². The van der Waals surface area contributed by atoms with Crippen molar-refractivity contribution in [3.8, 4) is 0 Å². The summed E-state index contributed by atoms with van der Waals surface area (Å²) >= 11 is 3.08. The Labute approximate surface area is 125 Å². The summed E-state index contributed by atoms with van der Waals surface area (Å²) in [4.78, 5) is 26.8. The van der Waals surface area contributed by atoms with E-state index in [2.05, 4.69) is 26.2 Å². The van der Waals surface area contributed by atoms with Crippen LogP contribution in [-0.4, -0.2) is 22.0 Å². The normalized spacial score (nSPS) is 10.2. The Balaban J connectivity index is 2.37. The standard InChI is InChI=1S/C13H7BrF2N2O3/c14-11-3-6(1-2-17-11)12(19)18-10-5-9(16)8(15)4-7(10)13(20)21/h1-5H,(H,18,19)(H,20,21). The van der Waals surface area contributed by atoms with Gasteiger partial charge < -0.3 is 10.4 Å². The van der Waals surface area contributed by atoms with Crippen molar-refractivity contribution in [2.24, 2.45) is 0 Å². The highest BCUT2D eigenvalue weighted by molar-refractivity contribution is 9.10. The first kappa shape index (κ1) is 15.0. The van der Waals surface area contributed by atoms with E-state index in [-0.39, 0.29) is 11.3 Å². The maximum absolute atomic E-state index is 13.2. The number of carboxylic acids is 1. The molecule has 2 aromatic rings. The van der Waals surface area contributed by atoms with Crippen molar-refractivity contribution in [3.05, 3.63) is 57.8 Å². The van der Waals surface area contributed by atoms with Crippen molar-refractivity contribution in [2.75, 3.05) is 5.32 Å². The number of carbonyl (C=O) groups is 2. The molecule has 5 nitrogen and oxygen atoms in total. The quantitative estimate of drug-likeness (QED) is 0.828. The van der Waals surface area contributed by atoms with Gasteiger partial charge in [0.1, 0.15) is 4.60 Å². The third kappa shape index (κ3) is 3.40. The SMILES string of the molecule is O=C(Nc1cc(F)c(F)cc1C(=O)O)c1ccnc(Br)c1. The number of amides is 1. The molecule has 1 aromatic carbocycles. The van der Waals surface area contributed by atoms with Gasteiger partial charge in [-0.15, -0.1) is 0 Å². The summed E-state index contributed by atoms with van der Waals surface area (Å²) in [5, 5.41) is 11.2. The largest absolute Gasteiger partial charge is 0.478 e. The molecule has 2 N–H and O–H groups in total. The monoisotopic (exact) mass is 356 g/mol. The molecule has 0 aliphatic heterocycles. The lowest BCUT2D eigenvalue weighted by Crippen LogP contribution is -2.15. The van der Waals surface area contributed by atoms with Crippen LogP contribution in [0.15, 0.2) is 35.1 Å². The number of carboxylic acid groups (broad SMARTS) is 1. The first-order valence-electron chi connectivity index (χ1n) is 5.53. The number of hydrogen-bond acceptors (Lipinski definition) is 3. The number of pyridine rings is 1. The Morgan fingerprint density at radius 3 is 2.48 bits per heavy atom. The predicted molar refractivity (Wildman–Crippen MR) is 73.2 cm³/mol. The lowest BCUT2D eigenvalue weighted by Gasteiger charge is -2.09. The van der Waals surface area contributed by atoms with E-state index in [0.717, 1.165) is 0 Å². The van der Waals surface area contributed by atoms with Crippen LogP contribution in [0.3, 0.4) is 0 Å². The Hall–Kier alpha value is -2.35. The molecular formula is C13H7BrF2N2O3. The molecule has 0 aliphatic carbocycles. The van der Waals surface area contributed by atoms with Gasteiger partial charge in [-0.2, -0.15) is 0 Å². The molecule has 0 aliphatic rings. The van der Waals surface area contributed by atoms with Crippen LogP contribution < -0.4 is 5.32 Å². The number of nitrogens with one attached hydrogen (secondary N) is 1. The molecule has 21 heavy (non-hydrogen) atoms. The molecule has 0 bridgehead atoms. The summed E-state index contributed by atoms with van der Waals surface area (Å²) in [5.74, 6) is -4.73. The van der Waals surface area contributed by atoms with Gasteiger partial charge in [0.15, 0.2) is 11.6 Å². The van der Waals surface area contributed by atoms with E-state index in [1.165, 1.54) is 18.3 Å². The van der Waals surface area contributed by atoms with Crippen molar-refractivity contribution in [3.63, 3.8) is 0 Å². The molecule has 0 saturated heterocycles. The number of nitrogens with zero attached hydrogens (tertiary/aromatic N) is 1. The smallest absolute Gasteiger partial charge is 0.337 e. The van der Waals surface area contributed by atoms with E-state index in [1.807, 2.05) is 0 Å². The average Bonchev–Trinajstić information content (AvgIpc) is 2.42. The van der Waals surface area contributed by atoms with Gasteiger partial charge in [0.05, 0.1) is 11.3 Å². The number of anilines is 1. The third-order valence-electron chi connectivity index (χ3n) is 2.53. The molecule has 1 aromatic heterocycles. The zero-order chi connectivity index (χ0) is 15.6. The van der Waals surface area contributed by atoms with E-state index in [4.69, 9.17) is 5.11 Å². The maximum atomic E-state index is 13.2. The minimum atomic E-state index is -1.49. The van der Waals surface area contributed by atoms with Crippen LogP contribution >= 0.6 is 15.9 Å². The summed E-state index contributed by atoms with van der Waals surface area (Å²) < 4.78 is 26.7. The highest BCUT2D eigenvalue weighted by atomic mass is 79.9. The van der Waals surface area contributed by atoms with Crippen LogP contribution in [-0.2, 0) is 0 Å². The van der Waals surface area contributed by atoms with Gasteiger partial charge in [-0.05, 0) is 34.1 Å². The van der Waals surface area contributed by atoms with Crippen molar-refractivity contribution >= 4 is 33.5 Å². The number of carbonyl (C=O) groups excluding carboxylic acids is 1. The van der Waals surface area contributed by atoms with Gasteiger partial charge in [0.25, 0.3) is 5.91 Å². The fourth-order valence-electron chi connectivity index (χ4n) is 1.57. The van der Waals surface area contributed by atoms with Crippen LogP contribution in [0.5, 0.6) is 0 Å². The molecular weight excluding hydrogens is 350 g/mol. The van der Waals surface area contributed by atoms with Gasteiger partial charge in [0, 0.05) is 17.8 Å². The summed E-state index contributed by atoms with van der Waals surface area (Å²) in [6, 6.07) is 3.92. The van der Waals surface area contributed by atoms with Crippen LogP contribution in [0.1, 0.15) is 20.7 Å². The van der Waals surface area contributed by atoms with Gasteiger partial charge in [-0.1, -0.05) is 0 Å². The first-order valence-corrected chi connectivity index (χ1v) is 6.33. The number of aromatic carboxylic acids is 1. The molecule has 0 saturated carbocycles. The van der Waals surface area contributed by atoms with E-state index < -0.39 is 29.1 Å². The predicted octanol–water partition coefficient (Wildman–Crippen LogP) is 3.07. The minimum absolute atomic E-state index is 0.179. The van der Waals surface area contributed by atoms with Crippen molar-refractivity contribution in [2.45, 2.75) is 0 Å². The Kier molecular flexibility index (Phi) is 4.27. The average molecular weight is 357 g/mol. The van der Waals surface area contributed by atoms with E-state index in [1.54, 1.807) is 0 Å². The Bertz CT molecular complexity index is 737. The van der Waals surface area contributed by atoms with Crippen LogP contribution in [0.4, 0.5) is 14.5 Å². The number of benzene rings is 1. The zero-order valence-corrected chi connectivity index (χ0v) is 11.8. The van der Waals surface area contributed by atoms with Gasteiger partial charge >= 0.3 is 5.97 Å². The number of halogens is 3. The zero-order valence-electron chi connectivity index (χ0n) is 10.2. The lowest BCUT2D eigenvalue weighted by atomic mass is 10.1. The number of hydrogen-bond donors (Lipinski definition) is 2. The van der Waals surface area contributed by atoms with E-state index >= 15 is 0 Å². The minimum Gasteiger partial charge on any atom is -0.478 e. The summed E-state index contributed by atoms with van der Waals surface area (Å²) in [6.07, 6.45) is 1.36. The van der Waals surface area contributed by atoms with Crippen molar-refractivity contribution in [1.29, 1.82) is 0 Å². The van der Waals surface area contributed by atoms with Crippen molar-refractivity contribution in [1.82, 2.24) is 4.98 Å².